The van der Waals surface area contributed by atoms with Gasteiger partial charge in [0.05, 0.1) is 6.07 Å². The van der Waals surface area contributed by atoms with Gasteiger partial charge in [-0.3, -0.25) is 10.1 Å². The summed E-state index contributed by atoms with van der Waals surface area (Å²) in [6.45, 7) is -0.196. The zero-order chi connectivity index (χ0) is 14.5. The van der Waals surface area contributed by atoms with Gasteiger partial charge in [-0.2, -0.15) is 0 Å². The lowest BCUT2D eigenvalue weighted by Gasteiger charge is -2.10. The van der Waals surface area contributed by atoms with E-state index in [1.165, 1.54) is 6.07 Å². The molecule has 0 saturated heterocycles. The molecule has 0 aliphatic heterocycles. The van der Waals surface area contributed by atoms with E-state index in [2.05, 4.69) is 0 Å². The van der Waals surface area contributed by atoms with Crippen LogP contribution < -0.4 is 0 Å². The van der Waals surface area contributed by atoms with Crippen molar-refractivity contribution >= 4 is 12.1 Å². The lowest BCUT2D eigenvalue weighted by Crippen LogP contribution is -2.15. The molecule has 7 heteroatoms. The third-order valence-corrected chi connectivity index (χ3v) is 2.60. The first-order valence-corrected chi connectivity index (χ1v) is 5.82. The maximum absolute atomic E-state index is 11.6. The summed E-state index contributed by atoms with van der Waals surface area (Å²) in [7, 11) is 0. The molecule has 0 aliphatic carbocycles. The van der Waals surface area contributed by atoms with Crippen LogP contribution in [-0.4, -0.2) is 27.5 Å². The molecule has 0 radical (unpaired) electrons. The second-order valence-corrected chi connectivity index (χ2v) is 4.09. The quantitative estimate of drug-likeness (QED) is 0.295. The predicted octanol–water partition coefficient (Wildman–Crippen LogP) is 1.85. The van der Waals surface area contributed by atoms with Crippen LogP contribution in [0.2, 0.25) is 0 Å². The summed E-state index contributed by atoms with van der Waals surface area (Å²) in [5, 5.41) is 31.9. The lowest BCUT2D eigenvalue weighted by atomic mass is 10.1. The van der Waals surface area contributed by atoms with E-state index in [0.717, 1.165) is 12.3 Å². The van der Waals surface area contributed by atoms with Gasteiger partial charge in [-0.1, -0.05) is 30.3 Å². The van der Waals surface area contributed by atoms with Crippen LogP contribution in [0.15, 0.2) is 46.9 Å². The Hall–Kier alpha value is -2.67. The van der Waals surface area contributed by atoms with Crippen LogP contribution in [0.5, 0.6) is 0 Å². The van der Waals surface area contributed by atoms with Gasteiger partial charge < -0.3 is 14.7 Å². The Morgan fingerprint density at radius 2 is 1.90 bits per heavy atom. The molecule has 2 rings (SSSR count). The third kappa shape index (κ3) is 3.42. The van der Waals surface area contributed by atoms with Gasteiger partial charge >= 0.3 is 5.88 Å². The SMILES string of the molecule is O=[N+]([O-])c1ccc(/C=[N+](\[O-])C[C@@H](O)c2ccccc2)o1. The molecule has 1 aromatic heterocycles. The first-order valence-electron chi connectivity index (χ1n) is 5.82. The third-order valence-electron chi connectivity index (χ3n) is 2.60. The molecule has 0 saturated carbocycles. The number of aliphatic hydroxyl groups is 1. The summed E-state index contributed by atoms with van der Waals surface area (Å²) in [6.07, 6.45) is 0.106. The maximum atomic E-state index is 11.6. The largest absolute Gasteiger partial charge is 0.624 e. The van der Waals surface area contributed by atoms with Gasteiger partial charge in [0, 0.05) is 0 Å². The summed E-state index contributed by atoms with van der Waals surface area (Å²) < 4.78 is 5.30. The minimum absolute atomic E-state index is 0.0620. The topological polar surface area (TPSA) is 103 Å². The molecule has 2 aromatic rings. The van der Waals surface area contributed by atoms with Crippen molar-refractivity contribution in [3.63, 3.8) is 0 Å². The molecular weight excluding hydrogens is 264 g/mol. The number of hydrogen-bond acceptors (Lipinski definition) is 5. The zero-order valence-electron chi connectivity index (χ0n) is 10.4. The minimum Gasteiger partial charge on any atom is -0.624 e. The van der Waals surface area contributed by atoms with Crippen molar-refractivity contribution in [1.82, 2.24) is 0 Å². The molecule has 0 amide bonds. The molecule has 0 fully saturated rings. The van der Waals surface area contributed by atoms with Crippen LogP contribution in [0.3, 0.4) is 0 Å². The van der Waals surface area contributed by atoms with E-state index in [4.69, 9.17) is 4.42 Å². The molecule has 1 N–H and O–H groups in total. The summed E-state index contributed by atoms with van der Waals surface area (Å²) in [5.41, 5.74) is 0.618. The summed E-state index contributed by atoms with van der Waals surface area (Å²) >= 11 is 0. The Morgan fingerprint density at radius 3 is 2.50 bits per heavy atom. The molecule has 7 nitrogen and oxygen atoms in total. The van der Waals surface area contributed by atoms with Crippen molar-refractivity contribution in [2.75, 3.05) is 6.54 Å². The molecular formula is C13H12N2O5. The second-order valence-electron chi connectivity index (χ2n) is 4.09. The second kappa shape index (κ2) is 5.98. The van der Waals surface area contributed by atoms with Crippen molar-refractivity contribution in [3.05, 3.63) is 69.1 Å². The van der Waals surface area contributed by atoms with Crippen LogP contribution >= 0.6 is 0 Å². The van der Waals surface area contributed by atoms with Crippen molar-refractivity contribution in [2.45, 2.75) is 6.10 Å². The average Bonchev–Trinajstić information content (AvgIpc) is 2.88. The van der Waals surface area contributed by atoms with Gasteiger partial charge in [-0.05, 0) is 11.6 Å². The Bertz CT molecular complexity index is 621. The molecule has 0 unspecified atom stereocenters. The fraction of sp³-hybridized carbons (Fsp3) is 0.154. The van der Waals surface area contributed by atoms with Gasteiger partial charge in [0.1, 0.15) is 11.0 Å². The summed E-state index contributed by atoms with van der Waals surface area (Å²) in [6, 6.07) is 11.2. The number of hydrogen-bond donors (Lipinski definition) is 1. The highest BCUT2D eigenvalue weighted by atomic mass is 16.6. The Labute approximate surface area is 114 Å². The highest BCUT2D eigenvalue weighted by Crippen LogP contribution is 2.15. The van der Waals surface area contributed by atoms with Gasteiger partial charge in [-0.25, -0.2) is 4.74 Å². The Balaban J connectivity index is 2.05. The van der Waals surface area contributed by atoms with E-state index in [-0.39, 0.29) is 12.3 Å². The molecule has 1 atom stereocenters. The van der Waals surface area contributed by atoms with E-state index >= 15 is 0 Å². The van der Waals surface area contributed by atoms with Crippen LogP contribution in [0, 0.1) is 15.3 Å². The van der Waals surface area contributed by atoms with E-state index in [9.17, 15) is 20.4 Å². The van der Waals surface area contributed by atoms with Crippen molar-refractivity contribution in [1.29, 1.82) is 0 Å². The van der Waals surface area contributed by atoms with Crippen LogP contribution in [0.25, 0.3) is 0 Å². The van der Waals surface area contributed by atoms with Gasteiger partial charge in [-0.15, -0.1) is 0 Å². The smallest absolute Gasteiger partial charge is 0.433 e. The first kappa shape index (κ1) is 13.8. The number of aliphatic hydroxyl groups excluding tert-OH is 1. The number of nitrogens with zero attached hydrogens (tertiary/aromatic N) is 2. The molecule has 1 heterocycles. The van der Waals surface area contributed by atoms with E-state index in [1.807, 2.05) is 0 Å². The summed E-state index contributed by atoms with van der Waals surface area (Å²) in [4.78, 5) is 9.74. The highest BCUT2D eigenvalue weighted by molar-refractivity contribution is 5.72. The van der Waals surface area contributed by atoms with Gasteiger partial charge in [0.25, 0.3) is 0 Å². The van der Waals surface area contributed by atoms with Crippen molar-refractivity contribution in [2.24, 2.45) is 0 Å². The summed E-state index contributed by atoms with van der Waals surface area (Å²) in [5.74, 6) is -0.375. The highest BCUT2D eigenvalue weighted by Gasteiger charge is 2.14. The van der Waals surface area contributed by atoms with E-state index in [1.54, 1.807) is 30.3 Å². The van der Waals surface area contributed by atoms with Crippen LogP contribution in [0.1, 0.15) is 17.4 Å². The van der Waals surface area contributed by atoms with Gasteiger partial charge in [0.2, 0.25) is 6.21 Å². The molecule has 0 bridgehead atoms. The standard InChI is InChI=1S/C13H12N2O5/c16-12(10-4-2-1-3-5-10)9-14(17)8-11-6-7-13(20-11)15(18)19/h1-8,12,16H,9H2/b14-8-/t12-/m1/s1. The number of benzene rings is 1. The lowest BCUT2D eigenvalue weighted by molar-refractivity contribution is -0.465. The van der Waals surface area contributed by atoms with Crippen LogP contribution in [-0.2, 0) is 0 Å². The number of rotatable bonds is 5. The number of furan rings is 1. The molecule has 104 valence electrons. The fourth-order valence-electron chi connectivity index (χ4n) is 1.66. The molecule has 0 spiro atoms. The van der Waals surface area contributed by atoms with E-state index in [0.29, 0.717) is 10.3 Å². The monoisotopic (exact) mass is 276 g/mol. The molecule has 20 heavy (non-hydrogen) atoms. The van der Waals surface area contributed by atoms with Gasteiger partial charge in [0.15, 0.2) is 12.3 Å². The average molecular weight is 276 g/mol. The Kier molecular flexibility index (Phi) is 4.11. The minimum atomic E-state index is -0.949. The Morgan fingerprint density at radius 1 is 1.20 bits per heavy atom. The molecule has 0 aliphatic rings. The zero-order valence-corrected chi connectivity index (χ0v) is 10.4. The maximum Gasteiger partial charge on any atom is 0.433 e. The van der Waals surface area contributed by atoms with E-state index < -0.39 is 16.9 Å². The predicted molar refractivity (Wildman–Crippen MR) is 70.4 cm³/mol. The first-order chi connectivity index (χ1) is 9.56. The van der Waals surface area contributed by atoms with Crippen molar-refractivity contribution < 1.29 is 19.2 Å². The number of nitro groups is 1. The molecule has 1 aromatic carbocycles. The van der Waals surface area contributed by atoms with Crippen molar-refractivity contribution in [3.8, 4) is 0 Å². The normalized spacial score (nSPS) is 13.2. The fourth-order valence-corrected chi connectivity index (χ4v) is 1.66. The van der Waals surface area contributed by atoms with Crippen LogP contribution in [0.4, 0.5) is 5.88 Å². The number of hydroxylamine groups is 1.